The molecule has 3 nitrogen and oxygen atoms in total. The van der Waals surface area contributed by atoms with Gasteiger partial charge in [-0.1, -0.05) is 5.92 Å². The summed E-state index contributed by atoms with van der Waals surface area (Å²) >= 11 is 0. The molecule has 13 heavy (non-hydrogen) atoms. The van der Waals surface area contributed by atoms with Crippen molar-refractivity contribution in [3.8, 4) is 12.3 Å². The Bertz CT molecular complexity index is 167. The summed E-state index contributed by atoms with van der Waals surface area (Å²) in [7, 11) is 0. The van der Waals surface area contributed by atoms with Crippen molar-refractivity contribution in [3.63, 3.8) is 0 Å². The van der Waals surface area contributed by atoms with Crippen LogP contribution in [0.2, 0.25) is 0 Å². The maximum absolute atomic E-state index is 9.38. The Balaban J connectivity index is 3.42. The SMILES string of the molecule is C#CCNCC(O)COC(C)(C)C. The minimum absolute atomic E-state index is 0.201. The van der Waals surface area contributed by atoms with E-state index in [-0.39, 0.29) is 5.60 Å². The van der Waals surface area contributed by atoms with Crippen LogP contribution in [0.5, 0.6) is 0 Å². The second-order valence-corrected chi connectivity index (χ2v) is 3.91. The first-order chi connectivity index (χ1) is 5.95. The molecule has 0 aromatic carbocycles. The van der Waals surface area contributed by atoms with Crippen LogP contribution < -0.4 is 5.32 Å². The third kappa shape index (κ3) is 9.35. The van der Waals surface area contributed by atoms with E-state index in [1.165, 1.54) is 0 Å². The number of hydrogen-bond acceptors (Lipinski definition) is 3. The minimum atomic E-state index is -0.493. The van der Waals surface area contributed by atoms with Gasteiger partial charge in [-0.25, -0.2) is 0 Å². The average Bonchev–Trinajstić information content (AvgIpc) is 2.00. The lowest BCUT2D eigenvalue weighted by atomic mass is 10.2. The third-order valence-corrected chi connectivity index (χ3v) is 1.32. The highest BCUT2D eigenvalue weighted by Crippen LogP contribution is 2.06. The second kappa shape index (κ2) is 5.98. The molecule has 0 rings (SSSR count). The number of aliphatic hydroxyl groups excluding tert-OH is 1. The maximum Gasteiger partial charge on any atom is 0.0898 e. The van der Waals surface area contributed by atoms with Gasteiger partial charge in [0.25, 0.3) is 0 Å². The summed E-state index contributed by atoms with van der Waals surface area (Å²) in [6, 6.07) is 0. The molecular weight excluding hydrogens is 166 g/mol. The van der Waals surface area contributed by atoms with E-state index in [0.29, 0.717) is 19.7 Å². The monoisotopic (exact) mass is 185 g/mol. The summed E-state index contributed by atoms with van der Waals surface area (Å²) in [4.78, 5) is 0. The molecule has 1 unspecified atom stereocenters. The molecule has 0 aromatic heterocycles. The van der Waals surface area contributed by atoms with Crippen LogP contribution in [0.25, 0.3) is 0 Å². The molecule has 76 valence electrons. The Kier molecular flexibility index (Phi) is 5.72. The number of terminal acetylenes is 1. The fourth-order valence-corrected chi connectivity index (χ4v) is 0.716. The lowest BCUT2D eigenvalue weighted by Gasteiger charge is -2.21. The topological polar surface area (TPSA) is 41.5 Å². The quantitative estimate of drug-likeness (QED) is 0.481. The molecule has 0 aromatic rings. The first-order valence-corrected chi connectivity index (χ1v) is 4.42. The van der Waals surface area contributed by atoms with Gasteiger partial charge in [0.05, 0.1) is 24.9 Å². The summed E-state index contributed by atoms with van der Waals surface area (Å²) in [5, 5.41) is 12.3. The number of aliphatic hydroxyl groups is 1. The van der Waals surface area contributed by atoms with E-state index in [9.17, 15) is 5.11 Å². The molecule has 0 amide bonds. The van der Waals surface area contributed by atoms with Crippen LogP contribution in [0.4, 0.5) is 0 Å². The van der Waals surface area contributed by atoms with E-state index in [4.69, 9.17) is 11.2 Å². The number of rotatable bonds is 5. The predicted octanol–water partition coefficient (Wildman–Crippen LogP) is 0.385. The molecule has 0 fully saturated rings. The molecule has 0 aliphatic carbocycles. The van der Waals surface area contributed by atoms with Crippen molar-refractivity contribution < 1.29 is 9.84 Å². The number of hydrogen-bond donors (Lipinski definition) is 2. The van der Waals surface area contributed by atoms with Crippen LogP contribution in [0.15, 0.2) is 0 Å². The first kappa shape index (κ1) is 12.4. The summed E-state index contributed by atoms with van der Waals surface area (Å²) < 4.78 is 5.38. The van der Waals surface area contributed by atoms with Gasteiger partial charge in [0.2, 0.25) is 0 Å². The van der Waals surface area contributed by atoms with Gasteiger partial charge in [0.1, 0.15) is 0 Å². The highest BCUT2D eigenvalue weighted by atomic mass is 16.5. The molecule has 3 heteroatoms. The van der Waals surface area contributed by atoms with Crippen molar-refractivity contribution >= 4 is 0 Å². The smallest absolute Gasteiger partial charge is 0.0898 e. The Morgan fingerprint density at radius 3 is 2.62 bits per heavy atom. The molecule has 0 aliphatic heterocycles. The highest BCUT2D eigenvalue weighted by Gasteiger charge is 2.12. The van der Waals surface area contributed by atoms with Gasteiger partial charge >= 0.3 is 0 Å². The van der Waals surface area contributed by atoms with Crippen LogP contribution in [-0.2, 0) is 4.74 Å². The van der Waals surface area contributed by atoms with E-state index in [1.807, 2.05) is 20.8 Å². The van der Waals surface area contributed by atoms with Crippen LogP contribution in [0.1, 0.15) is 20.8 Å². The molecule has 0 aliphatic rings. The second-order valence-electron chi connectivity index (χ2n) is 3.91. The van der Waals surface area contributed by atoms with Gasteiger partial charge < -0.3 is 15.2 Å². The molecule has 0 heterocycles. The van der Waals surface area contributed by atoms with Gasteiger partial charge in [-0.15, -0.1) is 6.42 Å². The Morgan fingerprint density at radius 2 is 2.15 bits per heavy atom. The first-order valence-electron chi connectivity index (χ1n) is 4.42. The Morgan fingerprint density at radius 1 is 1.54 bits per heavy atom. The van der Waals surface area contributed by atoms with Crippen molar-refractivity contribution in [3.05, 3.63) is 0 Å². The molecular formula is C10H19NO2. The van der Waals surface area contributed by atoms with Gasteiger partial charge in [0.15, 0.2) is 0 Å². The Hall–Kier alpha value is -0.560. The van der Waals surface area contributed by atoms with Crippen LogP contribution >= 0.6 is 0 Å². The third-order valence-electron chi connectivity index (χ3n) is 1.32. The maximum atomic E-state index is 9.38. The average molecular weight is 185 g/mol. The molecule has 2 N–H and O–H groups in total. The van der Waals surface area contributed by atoms with Crippen LogP contribution in [0.3, 0.4) is 0 Å². The van der Waals surface area contributed by atoms with Crippen LogP contribution in [-0.4, -0.2) is 36.5 Å². The fraction of sp³-hybridized carbons (Fsp3) is 0.800. The summed E-state index contributed by atoms with van der Waals surface area (Å²) in [6.07, 6.45) is 4.54. The van der Waals surface area contributed by atoms with Gasteiger partial charge in [-0.3, -0.25) is 0 Å². The number of nitrogens with one attached hydrogen (secondary N) is 1. The molecule has 0 saturated carbocycles. The predicted molar refractivity (Wildman–Crippen MR) is 53.4 cm³/mol. The largest absolute Gasteiger partial charge is 0.389 e. The van der Waals surface area contributed by atoms with Gasteiger partial charge in [-0.2, -0.15) is 0 Å². The molecule has 0 spiro atoms. The van der Waals surface area contributed by atoms with Gasteiger partial charge in [0, 0.05) is 6.54 Å². The zero-order chi connectivity index (χ0) is 10.3. The summed E-state index contributed by atoms with van der Waals surface area (Å²) in [6.45, 7) is 7.14. The van der Waals surface area contributed by atoms with E-state index < -0.39 is 6.10 Å². The molecule has 0 bridgehead atoms. The van der Waals surface area contributed by atoms with Crippen molar-refractivity contribution in [1.82, 2.24) is 5.32 Å². The summed E-state index contributed by atoms with van der Waals surface area (Å²) in [5.74, 6) is 2.43. The van der Waals surface area contributed by atoms with Gasteiger partial charge in [-0.05, 0) is 20.8 Å². The Labute approximate surface area is 80.5 Å². The van der Waals surface area contributed by atoms with E-state index in [2.05, 4.69) is 11.2 Å². The van der Waals surface area contributed by atoms with Crippen molar-refractivity contribution in [2.45, 2.75) is 32.5 Å². The van der Waals surface area contributed by atoms with E-state index in [0.717, 1.165) is 0 Å². The lowest BCUT2D eigenvalue weighted by Crippen LogP contribution is -2.33. The lowest BCUT2D eigenvalue weighted by molar-refractivity contribution is -0.0476. The summed E-state index contributed by atoms with van der Waals surface area (Å²) in [5.41, 5.74) is -0.201. The standard InChI is InChI=1S/C10H19NO2/c1-5-6-11-7-9(12)8-13-10(2,3)4/h1,9,11-12H,6-8H2,2-4H3. The zero-order valence-corrected chi connectivity index (χ0v) is 8.63. The molecule has 0 saturated heterocycles. The molecule has 1 atom stereocenters. The molecule has 0 radical (unpaired) electrons. The normalized spacial score (nSPS) is 13.8. The van der Waals surface area contributed by atoms with Crippen LogP contribution in [0, 0.1) is 12.3 Å². The zero-order valence-electron chi connectivity index (χ0n) is 8.63. The van der Waals surface area contributed by atoms with E-state index >= 15 is 0 Å². The minimum Gasteiger partial charge on any atom is -0.389 e. The number of ether oxygens (including phenoxy) is 1. The van der Waals surface area contributed by atoms with Crippen molar-refractivity contribution in [1.29, 1.82) is 0 Å². The van der Waals surface area contributed by atoms with Crippen molar-refractivity contribution in [2.24, 2.45) is 0 Å². The van der Waals surface area contributed by atoms with Crippen molar-refractivity contribution in [2.75, 3.05) is 19.7 Å². The van der Waals surface area contributed by atoms with E-state index in [1.54, 1.807) is 0 Å². The fourth-order valence-electron chi connectivity index (χ4n) is 0.716. The highest BCUT2D eigenvalue weighted by molar-refractivity contribution is 4.86.